The third kappa shape index (κ3) is 5.56. The molecule has 0 aromatic heterocycles. The minimum Gasteiger partial charge on any atom is -0.343 e. The molecular weight excluding hydrogens is 210 g/mol. The summed E-state index contributed by atoms with van der Waals surface area (Å²) in [6.07, 6.45) is 1.89. The molecule has 0 aliphatic carbocycles. The zero-order valence-corrected chi connectivity index (χ0v) is 13.3. The first-order chi connectivity index (χ1) is 7.99. The number of hydrogen-bond donors (Lipinski definition) is 0. The summed E-state index contributed by atoms with van der Waals surface area (Å²) in [5, 5.41) is 0. The molecular formula is C15H33NO. The van der Waals surface area contributed by atoms with Crippen molar-refractivity contribution in [1.82, 2.24) is 4.90 Å². The van der Waals surface area contributed by atoms with Gasteiger partial charge in [0.05, 0.1) is 0 Å². The number of hydrogen-bond acceptors (Lipinski definition) is 1. The van der Waals surface area contributed by atoms with Crippen molar-refractivity contribution in [3.8, 4) is 0 Å². The summed E-state index contributed by atoms with van der Waals surface area (Å²) >= 11 is 0. The van der Waals surface area contributed by atoms with Gasteiger partial charge in [-0.25, -0.2) is 0 Å². The first-order valence-electron chi connectivity index (χ1n) is 7.27. The van der Waals surface area contributed by atoms with Gasteiger partial charge in [-0.3, -0.25) is 4.79 Å². The predicted octanol–water partition coefficient (Wildman–Crippen LogP) is 4.34. The van der Waals surface area contributed by atoms with Gasteiger partial charge in [0, 0.05) is 19.5 Å². The zero-order valence-electron chi connectivity index (χ0n) is 13.3. The molecule has 0 aromatic carbocycles. The molecule has 1 fully saturated rings. The Morgan fingerprint density at radius 3 is 2.00 bits per heavy atom. The van der Waals surface area contributed by atoms with E-state index in [1.807, 2.05) is 32.6 Å². The van der Waals surface area contributed by atoms with Crippen LogP contribution in [0.15, 0.2) is 0 Å². The Bertz CT molecular complexity index is 201. The van der Waals surface area contributed by atoms with E-state index >= 15 is 0 Å². The third-order valence-corrected chi connectivity index (χ3v) is 3.64. The van der Waals surface area contributed by atoms with Crippen molar-refractivity contribution in [2.45, 2.75) is 68.2 Å². The fourth-order valence-corrected chi connectivity index (χ4v) is 1.89. The first kappa shape index (κ1) is 18.8. The Morgan fingerprint density at radius 1 is 1.24 bits per heavy atom. The minimum atomic E-state index is 0.239. The Hall–Kier alpha value is -0.530. The number of nitrogens with zero attached hydrogens (tertiary/aromatic N) is 1. The minimum absolute atomic E-state index is 0.239. The van der Waals surface area contributed by atoms with Crippen LogP contribution >= 0.6 is 0 Å². The molecule has 0 bridgehead atoms. The van der Waals surface area contributed by atoms with Crippen LogP contribution in [-0.4, -0.2) is 23.9 Å². The number of amides is 1. The van der Waals surface area contributed by atoms with Crippen molar-refractivity contribution in [1.29, 1.82) is 0 Å². The van der Waals surface area contributed by atoms with Crippen molar-refractivity contribution >= 4 is 5.91 Å². The van der Waals surface area contributed by atoms with Gasteiger partial charge in [-0.2, -0.15) is 0 Å². The van der Waals surface area contributed by atoms with E-state index in [2.05, 4.69) is 27.7 Å². The molecule has 1 aliphatic heterocycles. The lowest BCUT2D eigenvalue weighted by Gasteiger charge is -2.41. The van der Waals surface area contributed by atoms with E-state index in [9.17, 15) is 4.79 Å². The highest BCUT2D eigenvalue weighted by Gasteiger charge is 2.36. The van der Waals surface area contributed by atoms with Crippen molar-refractivity contribution in [2.75, 3.05) is 13.1 Å². The monoisotopic (exact) mass is 243 g/mol. The van der Waals surface area contributed by atoms with Crippen LogP contribution in [-0.2, 0) is 4.79 Å². The van der Waals surface area contributed by atoms with Crippen molar-refractivity contribution < 1.29 is 4.79 Å². The quantitative estimate of drug-likeness (QED) is 0.706. The third-order valence-electron chi connectivity index (χ3n) is 3.64. The Balaban J connectivity index is 0. The molecule has 1 atom stereocenters. The number of piperidine rings is 1. The van der Waals surface area contributed by atoms with E-state index in [0.29, 0.717) is 11.8 Å². The highest BCUT2D eigenvalue weighted by Crippen LogP contribution is 2.38. The Kier molecular flexibility index (Phi) is 10.5. The van der Waals surface area contributed by atoms with Crippen LogP contribution in [0.4, 0.5) is 0 Å². The van der Waals surface area contributed by atoms with E-state index in [1.165, 1.54) is 0 Å². The molecule has 104 valence electrons. The summed E-state index contributed by atoms with van der Waals surface area (Å²) in [5.74, 6) is 0.945. The molecule has 1 saturated heterocycles. The number of carbonyl (C=O) groups excluding carboxylic acids is 1. The average molecular weight is 243 g/mol. The summed E-state index contributed by atoms with van der Waals surface area (Å²) in [4.78, 5) is 13.6. The van der Waals surface area contributed by atoms with Gasteiger partial charge >= 0.3 is 0 Å². The Morgan fingerprint density at radius 2 is 1.71 bits per heavy atom. The second kappa shape index (κ2) is 9.49. The maximum Gasteiger partial charge on any atom is 0.223 e. The van der Waals surface area contributed by atoms with Gasteiger partial charge in [-0.05, 0) is 24.7 Å². The molecule has 1 amide bonds. The molecule has 1 unspecified atom stereocenters. The van der Waals surface area contributed by atoms with E-state index in [1.54, 1.807) is 0 Å². The van der Waals surface area contributed by atoms with Crippen LogP contribution < -0.4 is 0 Å². The fraction of sp³-hybridized carbons (Fsp3) is 0.933. The van der Waals surface area contributed by atoms with E-state index in [0.717, 1.165) is 25.9 Å². The summed E-state index contributed by atoms with van der Waals surface area (Å²) in [7, 11) is 0. The van der Waals surface area contributed by atoms with E-state index in [4.69, 9.17) is 0 Å². The molecule has 1 heterocycles. The SMILES string of the molecule is CC.CC.CCN1CCC(C)(C(C)C)CC1=O. The highest BCUT2D eigenvalue weighted by atomic mass is 16.2. The van der Waals surface area contributed by atoms with Crippen molar-refractivity contribution in [2.24, 2.45) is 11.3 Å². The summed E-state index contributed by atoms with van der Waals surface area (Å²) < 4.78 is 0. The molecule has 0 radical (unpaired) electrons. The van der Waals surface area contributed by atoms with Crippen LogP contribution in [0.1, 0.15) is 68.2 Å². The molecule has 1 aliphatic rings. The number of rotatable bonds is 2. The van der Waals surface area contributed by atoms with Gasteiger partial charge in [0.2, 0.25) is 5.91 Å². The molecule has 17 heavy (non-hydrogen) atoms. The van der Waals surface area contributed by atoms with Crippen LogP contribution in [0.2, 0.25) is 0 Å². The molecule has 2 heteroatoms. The van der Waals surface area contributed by atoms with Gasteiger partial charge < -0.3 is 4.90 Å². The molecule has 2 nitrogen and oxygen atoms in total. The largest absolute Gasteiger partial charge is 0.343 e. The molecule has 0 N–H and O–H groups in total. The van der Waals surface area contributed by atoms with E-state index < -0.39 is 0 Å². The summed E-state index contributed by atoms with van der Waals surface area (Å²) in [6.45, 7) is 18.5. The van der Waals surface area contributed by atoms with Crippen LogP contribution in [0.25, 0.3) is 0 Å². The van der Waals surface area contributed by atoms with Crippen LogP contribution in [0, 0.1) is 11.3 Å². The van der Waals surface area contributed by atoms with Gasteiger partial charge in [-0.1, -0.05) is 48.5 Å². The standard InChI is InChI=1S/C11H21NO.2C2H6/c1-5-12-7-6-11(4,9(2)3)8-10(12)13;2*1-2/h9H,5-8H2,1-4H3;2*1-2H3. The normalized spacial score (nSPS) is 23.6. The first-order valence-corrected chi connectivity index (χ1v) is 7.27. The zero-order chi connectivity index (χ0) is 14.1. The molecule has 0 saturated carbocycles. The van der Waals surface area contributed by atoms with Gasteiger partial charge in [-0.15, -0.1) is 0 Å². The maximum absolute atomic E-state index is 11.7. The lowest BCUT2D eigenvalue weighted by atomic mass is 9.71. The summed E-state index contributed by atoms with van der Waals surface area (Å²) in [6, 6.07) is 0. The number of carbonyl (C=O) groups is 1. The number of likely N-dealkylation sites (tertiary alicyclic amines) is 1. The highest BCUT2D eigenvalue weighted by molar-refractivity contribution is 5.77. The average Bonchev–Trinajstić information content (AvgIpc) is 2.34. The van der Waals surface area contributed by atoms with Crippen molar-refractivity contribution in [3.05, 3.63) is 0 Å². The fourth-order valence-electron chi connectivity index (χ4n) is 1.89. The topological polar surface area (TPSA) is 20.3 Å². The van der Waals surface area contributed by atoms with Gasteiger partial charge in [0.1, 0.15) is 0 Å². The van der Waals surface area contributed by atoms with E-state index in [-0.39, 0.29) is 5.41 Å². The molecule has 0 spiro atoms. The van der Waals surface area contributed by atoms with Gasteiger partial charge in [0.15, 0.2) is 0 Å². The molecule has 1 rings (SSSR count). The second-order valence-electron chi connectivity index (χ2n) is 4.71. The van der Waals surface area contributed by atoms with Crippen LogP contribution in [0.5, 0.6) is 0 Å². The predicted molar refractivity (Wildman–Crippen MR) is 77.1 cm³/mol. The van der Waals surface area contributed by atoms with Crippen LogP contribution in [0.3, 0.4) is 0 Å². The van der Waals surface area contributed by atoms with Crippen molar-refractivity contribution in [3.63, 3.8) is 0 Å². The lowest BCUT2D eigenvalue weighted by Crippen LogP contribution is -2.44. The maximum atomic E-state index is 11.7. The Labute approximate surface area is 109 Å². The lowest BCUT2D eigenvalue weighted by molar-refractivity contribution is -0.138. The smallest absolute Gasteiger partial charge is 0.223 e. The second-order valence-corrected chi connectivity index (χ2v) is 4.71. The summed E-state index contributed by atoms with van der Waals surface area (Å²) in [5.41, 5.74) is 0.239. The van der Waals surface area contributed by atoms with Gasteiger partial charge in [0.25, 0.3) is 0 Å². The molecule has 0 aromatic rings.